The molecule has 70 valence electrons. The number of carbonyl (C=O) groups is 1. The smallest absolute Gasteiger partial charge is 0.339 e. The summed E-state index contributed by atoms with van der Waals surface area (Å²) >= 11 is 1.76. The highest BCUT2D eigenvalue weighted by atomic mass is 127. The van der Waals surface area contributed by atoms with Crippen LogP contribution in [0.1, 0.15) is 10.4 Å². The molecule has 1 aromatic carbocycles. The number of hydrogen-bond acceptors (Lipinski definition) is 2. The van der Waals surface area contributed by atoms with E-state index in [1.54, 1.807) is 22.6 Å². The summed E-state index contributed by atoms with van der Waals surface area (Å²) in [6.45, 7) is 0. The number of methoxy groups -OCH3 is 1. The molecule has 1 N–H and O–H groups in total. The molecule has 3 nitrogen and oxygen atoms in total. The molecule has 0 aliphatic carbocycles. The molecule has 1 aromatic rings. The van der Waals surface area contributed by atoms with E-state index in [9.17, 15) is 9.18 Å². The van der Waals surface area contributed by atoms with Crippen LogP contribution in [0.3, 0.4) is 0 Å². The third-order valence-corrected chi connectivity index (χ3v) is 2.39. The lowest BCUT2D eigenvalue weighted by Crippen LogP contribution is -2.05. The Balaban J connectivity index is 3.38. The van der Waals surface area contributed by atoms with Crippen molar-refractivity contribution in [2.24, 2.45) is 0 Å². The van der Waals surface area contributed by atoms with E-state index in [-0.39, 0.29) is 11.3 Å². The summed E-state index contributed by atoms with van der Waals surface area (Å²) in [4.78, 5) is 10.6. The lowest BCUT2D eigenvalue weighted by molar-refractivity contribution is 0.0689. The van der Waals surface area contributed by atoms with Crippen LogP contribution in [-0.2, 0) is 0 Å². The van der Waals surface area contributed by atoms with Crippen molar-refractivity contribution in [1.82, 2.24) is 0 Å². The molecule has 0 atom stereocenters. The third-order valence-electron chi connectivity index (χ3n) is 1.49. The first-order chi connectivity index (χ1) is 6.07. The molecule has 0 saturated carbocycles. The highest BCUT2D eigenvalue weighted by Gasteiger charge is 2.18. The van der Waals surface area contributed by atoms with E-state index in [2.05, 4.69) is 4.74 Å². The van der Waals surface area contributed by atoms with Crippen molar-refractivity contribution in [3.63, 3.8) is 0 Å². The van der Waals surface area contributed by atoms with Gasteiger partial charge in [-0.05, 0) is 34.7 Å². The Bertz CT molecular complexity index is 351. The van der Waals surface area contributed by atoms with Gasteiger partial charge in [0.15, 0.2) is 11.6 Å². The maximum absolute atomic E-state index is 13.3. The molecule has 1 rings (SSSR count). The van der Waals surface area contributed by atoms with Crippen molar-refractivity contribution < 1.29 is 19.0 Å². The number of carboxylic acids is 1. The minimum absolute atomic E-state index is 0.0576. The molecule has 0 heterocycles. The van der Waals surface area contributed by atoms with Crippen molar-refractivity contribution in [2.45, 2.75) is 0 Å². The fraction of sp³-hybridized carbons (Fsp3) is 0.125. The fourth-order valence-electron chi connectivity index (χ4n) is 0.887. The van der Waals surface area contributed by atoms with Crippen LogP contribution in [0.15, 0.2) is 12.1 Å². The molecule has 0 saturated heterocycles. The highest BCUT2D eigenvalue weighted by molar-refractivity contribution is 14.1. The van der Waals surface area contributed by atoms with Crippen molar-refractivity contribution in [3.05, 3.63) is 27.1 Å². The number of halogens is 2. The summed E-state index contributed by atoms with van der Waals surface area (Å²) in [6, 6.07) is 2.88. The van der Waals surface area contributed by atoms with E-state index in [1.165, 1.54) is 19.2 Å². The van der Waals surface area contributed by atoms with Gasteiger partial charge in [-0.3, -0.25) is 0 Å². The molecule has 0 fully saturated rings. The van der Waals surface area contributed by atoms with Crippen LogP contribution in [0.5, 0.6) is 5.75 Å². The SMILES string of the molecule is COc1ccc(I)c(C(=O)O)c1F. The predicted molar refractivity (Wildman–Crippen MR) is 52.6 cm³/mol. The molecule has 0 aromatic heterocycles. The van der Waals surface area contributed by atoms with Crippen LogP contribution in [-0.4, -0.2) is 18.2 Å². The number of benzene rings is 1. The number of carboxylic acid groups (broad SMARTS) is 1. The maximum Gasteiger partial charge on any atom is 0.339 e. The lowest BCUT2D eigenvalue weighted by Gasteiger charge is -2.05. The van der Waals surface area contributed by atoms with Crippen LogP contribution in [0.4, 0.5) is 4.39 Å². The summed E-state index contributed by atoms with van der Waals surface area (Å²) in [5.74, 6) is -2.18. The van der Waals surface area contributed by atoms with Gasteiger partial charge < -0.3 is 9.84 Å². The molecule has 0 bridgehead atoms. The van der Waals surface area contributed by atoms with E-state index < -0.39 is 11.8 Å². The predicted octanol–water partition coefficient (Wildman–Crippen LogP) is 2.14. The Morgan fingerprint density at radius 1 is 1.62 bits per heavy atom. The second-order valence-electron chi connectivity index (χ2n) is 2.24. The molecule has 0 amide bonds. The summed E-state index contributed by atoms with van der Waals surface area (Å²) < 4.78 is 18.3. The molecule has 0 aliphatic heterocycles. The molecule has 0 unspecified atom stereocenters. The fourth-order valence-corrected chi connectivity index (χ4v) is 1.53. The van der Waals surface area contributed by atoms with Gasteiger partial charge in [-0.15, -0.1) is 0 Å². The highest BCUT2D eigenvalue weighted by Crippen LogP contribution is 2.24. The first-order valence-electron chi connectivity index (χ1n) is 3.33. The third kappa shape index (κ3) is 1.90. The summed E-state index contributed by atoms with van der Waals surface area (Å²) in [6.07, 6.45) is 0. The number of ether oxygens (including phenoxy) is 1. The molecule has 0 spiro atoms. The zero-order valence-corrected chi connectivity index (χ0v) is 8.83. The Labute approximate surface area is 87.7 Å². The van der Waals surface area contributed by atoms with Crippen LogP contribution in [0.2, 0.25) is 0 Å². The van der Waals surface area contributed by atoms with Crippen molar-refractivity contribution in [2.75, 3.05) is 7.11 Å². The second kappa shape index (κ2) is 3.91. The van der Waals surface area contributed by atoms with Crippen molar-refractivity contribution in [1.29, 1.82) is 0 Å². The standard InChI is InChI=1S/C8H6FIO3/c1-13-5-3-2-4(10)6(7(5)9)8(11)12/h2-3H,1H3,(H,11,12). The van der Waals surface area contributed by atoms with Gasteiger partial charge in [0.25, 0.3) is 0 Å². The van der Waals surface area contributed by atoms with E-state index >= 15 is 0 Å². The zero-order chi connectivity index (χ0) is 10.0. The summed E-state index contributed by atoms with van der Waals surface area (Å²) in [5.41, 5.74) is -0.347. The molecule has 13 heavy (non-hydrogen) atoms. The van der Waals surface area contributed by atoms with Gasteiger partial charge in [0, 0.05) is 3.57 Å². The first-order valence-corrected chi connectivity index (χ1v) is 4.41. The topological polar surface area (TPSA) is 46.5 Å². The molecule has 0 radical (unpaired) electrons. The second-order valence-corrected chi connectivity index (χ2v) is 3.41. The Kier molecular flexibility index (Phi) is 3.07. The molecular formula is C8H6FIO3. The zero-order valence-electron chi connectivity index (χ0n) is 6.67. The summed E-state index contributed by atoms with van der Waals surface area (Å²) in [5, 5.41) is 8.67. The van der Waals surface area contributed by atoms with Gasteiger partial charge in [0.05, 0.1) is 7.11 Å². The van der Waals surface area contributed by atoms with Gasteiger partial charge in [-0.25, -0.2) is 9.18 Å². The minimum Gasteiger partial charge on any atom is -0.494 e. The molecule has 0 aliphatic rings. The average Bonchev–Trinajstić information content (AvgIpc) is 2.04. The molecule has 5 heteroatoms. The number of aromatic carboxylic acids is 1. The largest absolute Gasteiger partial charge is 0.494 e. The van der Waals surface area contributed by atoms with Gasteiger partial charge in [-0.2, -0.15) is 0 Å². The van der Waals surface area contributed by atoms with Gasteiger partial charge >= 0.3 is 5.97 Å². The van der Waals surface area contributed by atoms with Crippen molar-refractivity contribution >= 4 is 28.6 Å². The van der Waals surface area contributed by atoms with Crippen LogP contribution < -0.4 is 4.74 Å². The monoisotopic (exact) mass is 296 g/mol. The quantitative estimate of drug-likeness (QED) is 0.851. The molecular weight excluding hydrogens is 290 g/mol. The van der Waals surface area contributed by atoms with E-state index in [4.69, 9.17) is 5.11 Å². The van der Waals surface area contributed by atoms with Gasteiger partial charge in [0.2, 0.25) is 0 Å². The van der Waals surface area contributed by atoms with Crippen molar-refractivity contribution in [3.8, 4) is 5.75 Å². The number of rotatable bonds is 2. The summed E-state index contributed by atoms with van der Waals surface area (Å²) in [7, 11) is 1.29. The number of hydrogen-bond donors (Lipinski definition) is 1. The van der Waals surface area contributed by atoms with Gasteiger partial charge in [-0.1, -0.05) is 0 Å². The van der Waals surface area contributed by atoms with E-state index in [0.717, 1.165) is 0 Å². The van der Waals surface area contributed by atoms with E-state index in [1.807, 2.05) is 0 Å². The Morgan fingerprint density at radius 3 is 2.69 bits per heavy atom. The Hall–Kier alpha value is -0.850. The Morgan fingerprint density at radius 2 is 2.23 bits per heavy atom. The first kappa shape index (κ1) is 10.2. The van der Waals surface area contributed by atoms with Gasteiger partial charge in [0.1, 0.15) is 5.56 Å². The minimum atomic E-state index is -1.29. The normalized spacial score (nSPS) is 9.77. The van der Waals surface area contributed by atoms with Crippen LogP contribution >= 0.6 is 22.6 Å². The van der Waals surface area contributed by atoms with Crippen LogP contribution in [0, 0.1) is 9.39 Å². The van der Waals surface area contributed by atoms with Crippen LogP contribution in [0.25, 0.3) is 0 Å². The van der Waals surface area contributed by atoms with E-state index in [0.29, 0.717) is 3.57 Å². The average molecular weight is 296 g/mol. The maximum atomic E-state index is 13.3. The lowest BCUT2D eigenvalue weighted by atomic mass is 10.2.